The highest BCUT2D eigenvalue weighted by molar-refractivity contribution is 5.94. The molecule has 3 atom stereocenters. The van der Waals surface area contributed by atoms with Crippen LogP contribution in [0.15, 0.2) is 21.8 Å². The molecule has 0 bridgehead atoms. The van der Waals surface area contributed by atoms with Gasteiger partial charge in [-0.1, -0.05) is 17.2 Å². The minimum absolute atomic E-state index is 0.00497. The summed E-state index contributed by atoms with van der Waals surface area (Å²) in [5.74, 6) is -2.15. The van der Waals surface area contributed by atoms with Gasteiger partial charge < -0.3 is 15.7 Å². The van der Waals surface area contributed by atoms with Crippen molar-refractivity contribution in [2.45, 2.75) is 64.2 Å². The van der Waals surface area contributed by atoms with Gasteiger partial charge in [0.25, 0.3) is 5.56 Å². The van der Waals surface area contributed by atoms with Crippen LogP contribution in [0.25, 0.3) is 0 Å². The number of carbonyl (C=O) groups is 3. The van der Waals surface area contributed by atoms with Crippen LogP contribution in [0.4, 0.5) is 5.82 Å². The number of amides is 1. The van der Waals surface area contributed by atoms with Crippen LogP contribution in [-0.2, 0) is 20.9 Å². The number of piperazine rings is 1. The van der Waals surface area contributed by atoms with Crippen molar-refractivity contribution in [3.8, 4) is 0 Å². The van der Waals surface area contributed by atoms with Gasteiger partial charge in [-0.15, -0.1) is 0 Å². The SMILES string of the molecule is CCC(C(=O)N[C@@H](CC(=O)O)C(=O)CN1CCN2CCCC2C1)n1ccnc(NCc2nonc2C)c1=O. The minimum Gasteiger partial charge on any atom is -0.481 e. The standard InChI is InChI=1S/C24H34N8O6/c1-3-19(32-8-6-25-22(24(32)37)26-12-18-15(2)28-38-29-18)23(36)27-17(11-21(34)35)20(33)14-30-9-10-31-7-4-5-16(31)13-30/h6,8,16-17,19H,3-5,7,9-14H2,1-2H3,(H,25,26)(H,27,36)(H,34,35)/t16?,17-,19?/m0/s1. The van der Waals surface area contributed by atoms with Crippen LogP contribution in [0, 0.1) is 6.92 Å². The molecule has 0 spiro atoms. The molecule has 2 unspecified atom stereocenters. The zero-order valence-corrected chi connectivity index (χ0v) is 21.6. The minimum atomic E-state index is -1.20. The number of nitrogens with one attached hydrogen (secondary N) is 2. The average molecular weight is 531 g/mol. The molecule has 2 aromatic rings. The van der Waals surface area contributed by atoms with Gasteiger partial charge in [0.1, 0.15) is 17.4 Å². The fourth-order valence-corrected chi connectivity index (χ4v) is 5.09. The van der Waals surface area contributed by atoms with Crippen molar-refractivity contribution in [2.24, 2.45) is 0 Å². The van der Waals surface area contributed by atoms with Crippen LogP contribution >= 0.6 is 0 Å². The molecule has 2 fully saturated rings. The number of hydrogen-bond donors (Lipinski definition) is 3. The lowest BCUT2D eigenvalue weighted by molar-refractivity contribution is -0.140. The molecule has 206 valence electrons. The molecule has 14 heteroatoms. The van der Waals surface area contributed by atoms with Crippen molar-refractivity contribution < 1.29 is 24.1 Å². The van der Waals surface area contributed by atoms with Crippen LogP contribution in [0.2, 0.25) is 0 Å². The van der Waals surface area contributed by atoms with Gasteiger partial charge in [-0.05, 0) is 32.7 Å². The third-order valence-electron chi connectivity index (χ3n) is 7.20. The van der Waals surface area contributed by atoms with E-state index in [0.29, 0.717) is 17.4 Å². The van der Waals surface area contributed by atoms with E-state index in [1.54, 1.807) is 13.8 Å². The molecule has 0 radical (unpaired) electrons. The first kappa shape index (κ1) is 27.4. The molecule has 1 amide bonds. The fraction of sp³-hybridized carbons (Fsp3) is 0.625. The molecule has 38 heavy (non-hydrogen) atoms. The fourth-order valence-electron chi connectivity index (χ4n) is 5.09. The number of nitrogens with zero attached hydrogens (tertiary/aromatic N) is 6. The molecule has 14 nitrogen and oxygen atoms in total. The van der Waals surface area contributed by atoms with Gasteiger partial charge in [-0.25, -0.2) is 9.61 Å². The van der Waals surface area contributed by atoms with Gasteiger partial charge >= 0.3 is 5.97 Å². The summed E-state index contributed by atoms with van der Waals surface area (Å²) in [5, 5.41) is 22.3. The molecule has 2 aliphatic rings. The van der Waals surface area contributed by atoms with E-state index in [9.17, 15) is 24.3 Å². The molecule has 0 aliphatic carbocycles. The zero-order valence-electron chi connectivity index (χ0n) is 21.6. The van der Waals surface area contributed by atoms with Crippen molar-refractivity contribution in [3.05, 3.63) is 34.1 Å². The Morgan fingerprint density at radius 2 is 2.05 bits per heavy atom. The number of ketones is 1. The monoisotopic (exact) mass is 530 g/mol. The van der Waals surface area contributed by atoms with E-state index in [-0.39, 0.29) is 31.1 Å². The number of aryl methyl sites for hydroxylation is 1. The Bertz CT molecular complexity index is 1210. The van der Waals surface area contributed by atoms with Crippen molar-refractivity contribution in [1.29, 1.82) is 0 Å². The molecule has 2 saturated heterocycles. The third kappa shape index (κ3) is 6.42. The summed E-state index contributed by atoms with van der Waals surface area (Å²) >= 11 is 0. The lowest BCUT2D eigenvalue weighted by atomic mass is 10.1. The highest BCUT2D eigenvalue weighted by atomic mass is 16.6. The molecule has 4 heterocycles. The summed E-state index contributed by atoms with van der Waals surface area (Å²) in [6, 6.07) is -1.75. The van der Waals surface area contributed by atoms with Crippen LogP contribution in [0.3, 0.4) is 0 Å². The first-order valence-electron chi connectivity index (χ1n) is 12.9. The molecule has 2 aliphatic heterocycles. The molecule has 4 rings (SSSR count). The topological polar surface area (TPSA) is 176 Å². The van der Waals surface area contributed by atoms with E-state index >= 15 is 0 Å². The number of anilines is 1. The number of carboxylic acid groups (broad SMARTS) is 1. The summed E-state index contributed by atoms with van der Waals surface area (Å²) in [4.78, 5) is 59.5. The maximum atomic E-state index is 13.3. The van der Waals surface area contributed by atoms with Gasteiger partial charge in [0, 0.05) is 38.1 Å². The summed E-state index contributed by atoms with van der Waals surface area (Å²) < 4.78 is 5.88. The van der Waals surface area contributed by atoms with Crippen molar-refractivity contribution in [3.63, 3.8) is 0 Å². The Morgan fingerprint density at radius 3 is 2.76 bits per heavy atom. The zero-order chi connectivity index (χ0) is 27.2. The number of aliphatic carboxylic acids is 1. The predicted molar refractivity (Wildman–Crippen MR) is 134 cm³/mol. The highest BCUT2D eigenvalue weighted by Gasteiger charge is 2.34. The predicted octanol–water partition coefficient (Wildman–Crippen LogP) is -0.193. The van der Waals surface area contributed by atoms with Gasteiger partial charge in [-0.2, -0.15) is 0 Å². The summed E-state index contributed by atoms with van der Waals surface area (Å²) in [7, 11) is 0. The maximum Gasteiger partial charge on any atom is 0.305 e. The number of rotatable bonds is 12. The quantitative estimate of drug-likeness (QED) is 0.330. The van der Waals surface area contributed by atoms with Gasteiger partial charge in [0.05, 0.1) is 25.6 Å². The van der Waals surface area contributed by atoms with E-state index in [4.69, 9.17) is 0 Å². The summed E-state index contributed by atoms with van der Waals surface area (Å²) in [6.45, 7) is 7.08. The normalized spacial score (nSPS) is 19.5. The van der Waals surface area contributed by atoms with Crippen molar-refractivity contribution in [1.82, 2.24) is 35.0 Å². The number of Topliss-reactive ketones (excluding diaryl/α,β-unsaturated/α-hetero) is 1. The molecular formula is C24H34N8O6. The first-order valence-corrected chi connectivity index (χ1v) is 12.9. The number of hydrogen-bond acceptors (Lipinski definition) is 11. The van der Waals surface area contributed by atoms with Crippen molar-refractivity contribution >= 4 is 23.5 Å². The van der Waals surface area contributed by atoms with Gasteiger partial charge in [0.2, 0.25) is 5.91 Å². The smallest absolute Gasteiger partial charge is 0.305 e. The second kappa shape index (κ2) is 12.3. The molecule has 3 N–H and O–H groups in total. The Kier molecular flexibility index (Phi) is 8.84. The van der Waals surface area contributed by atoms with E-state index in [1.807, 2.05) is 4.90 Å². The van der Waals surface area contributed by atoms with Crippen LogP contribution < -0.4 is 16.2 Å². The Labute approximate surface area is 219 Å². The van der Waals surface area contributed by atoms with E-state index in [0.717, 1.165) is 39.0 Å². The lowest BCUT2D eigenvalue weighted by Crippen LogP contribution is -2.54. The van der Waals surface area contributed by atoms with E-state index in [2.05, 4.69) is 35.5 Å². The Balaban J connectivity index is 1.43. The van der Waals surface area contributed by atoms with Crippen LogP contribution in [-0.4, -0.2) is 97.2 Å². The largest absolute Gasteiger partial charge is 0.481 e. The Hall–Kier alpha value is -3.65. The third-order valence-corrected chi connectivity index (χ3v) is 7.20. The average Bonchev–Trinajstić information content (AvgIpc) is 3.52. The number of carbonyl (C=O) groups excluding carboxylic acids is 2. The van der Waals surface area contributed by atoms with Crippen LogP contribution in [0.1, 0.15) is 50.0 Å². The van der Waals surface area contributed by atoms with Crippen LogP contribution in [0.5, 0.6) is 0 Å². The highest BCUT2D eigenvalue weighted by Crippen LogP contribution is 2.21. The lowest BCUT2D eigenvalue weighted by Gasteiger charge is -2.37. The Morgan fingerprint density at radius 1 is 1.24 bits per heavy atom. The second-order valence-corrected chi connectivity index (χ2v) is 9.75. The van der Waals surface area contributed by atoms with E-state index < -0.39 is 35.9 Å². The summed E-state index contributed by atoms with van der Waals surface area (Å²) in [5.41, 5.74) is 0.536. The van der Waals surface area contributed by atoms with Crippen molar-refractivity contribution in [2.75, 3.05) is 38.0 Å². The molecule has 0 saturated carbocycles. The summed E-state index contributed by atoms with van der Waals surface area (Å²) in [6.07, 6.45) is 4.71. The number of carboxylic acids is 1. The maximum absolute atomic E-state index is 13.3. The second-order valence-electron chi connectivity index (χ2n) is 9.75. The number of fused-ring (bicyclic) bond motifs is 1. The van der Waals surface area contributed by atoms with Gasteiger partial charge in [0.15, 0.2) is 11.6 Å². The first-order chi connectivity index (χ1) is 18.3. The van der Waals surface area contributed by atoms with Gasteiger partial charge in [-0.3, -0.25) is 33.5 Å². The molecule has 2 aromatic heterocycles. The molecule has 0 aromatic carbocycles. The molecular weight excluding hydrogens is 496 g/mol. The van der Waals surface area contributed by atoms with E-state index in [1.165, 1.54) is 17.0 Å². The number of aromatic nitrogens is 4.